The molecule has 0 aromatic heterocycles. The molecule has 0 aromatic carbocycles. The van der Waals surface area contributed by atoms with Crippen LogP contribution in [-0.4, -0.2) is 43.8 Å². The van der Waals surface area contributed by atoms with Gasteiger partial charge >= 0.3 is 0 Å². The summed E-state index contributed by atoms with van der Waals surface area (Å²) in [5.74, 6) is 0.867. The van der Waals surface area contributed by atoms with Crippen LogP contribution in [0.5, 0.6) is 0 Å². The van der Waals surface area contributed by atoms with Gasteiger partial charge in [0, 0.05) is 38.9 Å². The summed E-state index contributed by atoms with van der Waals surface area (Å²) in [7, 11) is 0. The van der Waals surface area contributed by atoms with Gasteiger partial charge in [0.05, 0.1) is 0 Å². The Bertz CT molecular complexity index is 148. The molecule has 2 heterocycles. The highest BCUT2D eigenvalue weighted by molar-refractivity contribution is 5.85. The summed E-state index contributed by atoms with van der Waals surface area (Å²) in [5, 5.41) is 0. The maximum Gasteiger partial charge on any atom is 0.0469 e. The number of nitrogens with zero attached hydrogens (tertiary/aromatic N) is 1. The number of hydrogen-bond donors (Lipinski definition) is 1. The molecule has 0 aromatic rings. The third-order valence-electron chi connectivity index (χ3n) is 2.84. The van der Waals surface area contributed by atoms with Crippen molar-refractivity contribution in [2.24, 2.45) is 11.7 Å². The molecule has 0 aliphatic carbocycles. The van der Waals surface area contributed by atoms with E-state index < -0.39 is 0 Å². The maximum absolute atomic E-state index is 5.71. The van der Waals surface area contributed by atoms with Crippen molar-refractivity contribution in [3.63, 3.8) is 0 Å². The number of hydrogen-bond acceptors (Lipinski definition) is 3. The SMILES string of the molecule is Cl.Cl.NC1CN(CC2CCOCC2)C1. The first-order chi connectivity index (χ1) is 5.84. The van der Waals surface area contributed by atoms with Gasteiger partial charge in [-0.3, -0.25) is 4.90 Å². The van der Waals surface area contributed by atoms with Crippen LogP contribution in [0.25, 0.3) is 0 Å². The van der Waals surface area contributed by atoms with E-state index in [0.717, 1.165) is 32.2 Å². The average Bonchev–Trinajstić information content (AvgIpc) is 2.04. The van der Waals surface area contributed by atoms with Gasteiger partial charge in [-0.05, 0) is 18.8 Å². The zero-order valence-electron chi connectivity index (χ0n) is 8.35. The molecule has 2 fully saturated rings. The van der Waals surface area contributed by atoms with Gasteiger partial charge in [-0.25, -0.2) is 0 Å². The van der Waals surface area contributed by atoms with Crippen LogP contribution in [0.4, 0.5) is 0 Å². The smallest absolute Gasteiger partial charge is 0.0469 e. The van der Waals surface area contributed by atoms with E-state index in [2.05, 4.69) is 4.90 Å². The van der Waals surface area contributed by atoms with Gasteiger partial charge in [0.25, 0.3) is 0 Å². The standard InChI is InChI=1S/C9H18N2O.2ClH/c10-9-6-11(7-9)5-8-1-3-12-4-2-8;;/h8-9H,1-7,10H2;2*1H. The molecule has 0 saturated carbocycles. The Balaban J connectivity index is 0.000000845. The number of likely N-dealkylation sites (tertiary alicyclic amines) is 1. The summed E-state index contributed by atoms with van der Waals surface area (Å²) < 4.78 is 5.31. The summed E-state index contributed by atoms with van der Waals surface area (Å²) in [5.41, 5.74) is 5.71. The van der Waals surface area contributed by atoms with E-state index in [0.29, 0.717) is 6.04 Å². The molecule has 0 atom stereocenters. The van der Waals surface area contributed by atoms with Crippen molar-refractivity contribution in [2.45, 2.75) is 18.9 Å². The minimum absolute atomic E-state index is 0. The van der Waals surface area contributed by atoms with E-state index in [1.165, 1.54) is 19.4 Å². The van der Waals surface area contributed by atoms with Crippen LogP contribution < -0.4 is 5.73 Å². The van der Waals surface area contributed by atoms with Crippen LogP contribution in [0.3, 0.4) is 0 Å². The zero-order chi connectivity index (χ0) is 8.39. The van der Waals surface area contributed by atoms with Crippen LogP contribution in [-0.2, 0) is 4.74 Å². The van der Waals surface area contributed by atoms with E-state index >= 15 is 0 Å². The van der Waals surface area contributed by atoms with Crippen molar-refractivity contribution in [1.82, 2.24) is 4.90 Å². The summed E-state index contributed by atoms with van der Waals surface area (Å²) in [6.45, 7) is 5.39. The molecule has 0 radical (unpaired) electrons. The third-order valence-corrected chi connectivity index (χ3v) is 2.84. The van der Waals surface area contributed by atoms with E-state index in [-0.39, 0.29) is 24.8 Å². The lowest BCUT2D eigenvalue weighted by atomic mass is 9.97. The van der Waals surface area contributed by atoms with E-state index in [1.54, 1.807) is 0 Å². The number of nitrogens with two attached hydrogens (primary N) is 1. The first kappa shape index (κ1) is 14.5. The van der Waals surface area contributed by atoms with Crippen molar-refractivity contribution in [3.05, 3.63) is 0 Å². The number of halogens is 2. The molecule has 3 nitrogen and oxygen atoms in total. The quantitative estimate of drug-likeness (QED) is 0.783. The Hall–Kier alpha value is 0.460. The largest absolute Gasteiger partial charge is 0.381 e. The number of ether oxygens (including phenoxy) is 1. The van der Waals surface area contributed by atoms with Gasteiger partial charge in [-0.15, -0.1) is 24.8 Å². The lowest BCUT2D eigenvalue weighted by Crippen LogP contribution is -2.56. The second-order valence-electron chi connectivity index (χ2n) is 4.03. The highest BCUT2D eigenvalue weighted by Crippen LogP contribution is 2.18. The molecule has 86 valence electrons. The van der Waals surface area contributed by atoms with Gasteiger partial charge in [-0.2, -0.15) is 0 Å². The predicted molar refractivity (Wildman–Crippen MR) is 62.5 cm³/mol. The van der Waals surface area contributed by atoms with E-state index in [1.807, 2.05) is 0 Å². The van der Waals surface area contributed by atoms with Gasteiger partial charge in [0.1, 0.15) is 0 Å². The zero-order valence-corrected chi connectivity index (χ0v) is 9.99. The van der Waals surface area contributed by atoms with Gasteiger partial charge in [-0.1, -0.05) is 0 Å². The molecule has 14 heavy (non-hydrogen) atoms. The fourth-order valence-corrected chi connectivity index (χ4v) is 2.05. The monoisotopic (exact) mass is 242 g/mol. The van der Waals surface area contributed by atoms with Crippen molar-refractivity contribution >= 4 is 24.8 Å². The molecule has 2 rings (SSSR count). The lowest BCUT2D eigenvalue weighted by molar-refractivity contribution is 0.0379. The topological polar surface area (TPSA) is 38.5 Å². The molecule has 2 saturated heterocycles. The second-order valence-corrected chi connectivity index (χ2v) is 4.03. The Kier molecular flexibility index (Phi) is 7.08. The lowest BCUT2D eigenvalue weighted by Gasteiger charge is -2.39. The Labute approximate surface area is 98.2 Å². The molecule has 2 aliphatic heterocycles. The fourth-order valence-electron chi connectivity index (χ4n) is 2.05. The first-order valence-corrected chi connectivity index (χ1v) is 4.90. The van der Waals surface area contributed by atoms with Crippen molar-refractivity contribution in [3.8, 4) is 0 Å². The molecule has 2 aliphatic rings. The van der Waals surface area contributed by atoms with Crippen LogP contribution >= 0.6 is 24.8 Å². The van der Waals surface area contributed by atoms with Gasteiger partial charge < -0.3 is 10.5 Å². The summed E-state index contributed by atoms with van der Waals surface area (Å²) in [4.78, 5) is 2.46. The van der Waals surface area contributed by atoms with Gasteiger partial charge in [0.15, 0.2) is 0 Å². The maximum atomic E-state index is 5.71. The molecule has 0 unspecified atom stereocenters. The molecule has 0 bridgehead atoms. The predicted octanol–water partition coefficient (Wildman–Crippen LogP) is 0.899. The Morgan fingerprint density at radius 2 is 1.71 bits per heavy atom. The van der Waals surface area contributed by atoms with Gasteiger partial charge in [0.2, 0.25) is 0 Å². The number of rotatable bonds is 2. The normalized spacial score (nSPS) is 24.6. The van der Waals surface area contributed by atoms with Crippen LogP contribution in [0, 0.1) is 5.92 Å². The molecule has 0 amide bonds. The van der Waals surface area contributed by atoms with E-state index in [9.17, 15) is 0 Å². The van der Waals surface area contributed by atoms with Crippen molar-refractivity contribution in [2.75, 3.05) is 32.8 Å². The van der Waals surface area contributed by atoms with Crippen LogP contribution in [0.1, 0.15) is 12.8 Å². The molecular weight excluding hydrogens is 223 g/mol. The third kappa shape index (κ3) is 3.91. The fraction of sp³-hybridized carbons (Fsp3) is 1.00. The van der Waals surface area contributed by atoms with Crippen molar-refractivity contribution in [1.29, 1.82) is 0 Å². The highest BCUT2D eigenvalue weighted by Gasteiger charge is 2.26. The minimum Gasteiger partial charge on any atom is -0.381 e. The molecular formula is C9H20Cl2N2O. The molecule has 5 heteroatoms. The van der Waals surface area contributed by atoms with Crippen LogP contribution in [0.15, 0.2) is 0 Å². The van der Waals surface area contributed by atoms with Crippen molar-refractivity contribution < 1.29 is 4.74 Å². The first-order valence-electron chi connectivity index (χ1n) is 4.90. The van der Waals surface area contributed by atoms with E-state index in [4.69, 9.17) is 10.5 Å². The second kappa shape index (κ2) is 6.85. The summed E-state index contributed by atoms with van der Waals surface area (Å²) >= 11 is 0. The van der Waals surface area contributed by atoms with Crippen LogP contribution in [0.2, 0.25) is 0 Å². The summed E-state index contributed by atoms with van der Waals surface area (Å²) in [6.07, 6.45) is 2.48. The molecule has 0 spiro atoms. The summed E-state index contributed by atoms with van der Waals surface area (Å²) in [6, 6.07) is 0.449. The molecule has 2 N–H and O–H groups in total. The Morgan fingerprint density at radius 1 is 1.14 bits per heavy atom. The highest BCUT2D eigenvalue weighted by atomic mass is 35.5. The Morgan fingerprint density at radius 3 is 2.21 bits per heavy atom. The minimum atomic E-state index is 0. The average molecular weight is 243 g/mol.